The summed E-state index contributed by atoms with van der Waals surface area (Å²) in [5.74, 6) is -4.61. The average molecular weight is 464 g/mol. The molecule has 2 unspecified atom stereocenters. The molecule has 1 aromatic rings. The summed E-state index contributed by atoms with van der Waals surface area (Å²) < 4.78 is 36.9. The van der Waals surface area contributed by atoms with Crippen LogP contribution in [0.15, 0.2) is 42.1 Å². The Morgan fingerprint density at radius 2 is 1.67 bits per heavy atom. The van der Waals surface area contributed by atoms with Crippen molar-refractivity contribution in [2.75, 3.05) is 6.61 Å². The molecular weight excluding hydrogens is 424 g/mol. The van der Waals surface area contributed by atoms with Crippen LogP contribution in [-0.2, 0) is 21.6 Å². The molecule has 184 valence electrons. The van der Waals surface area contributed by atoms with Gasteiger partial charge in [-0.1, -0.05) is 83.8 Å². The Morgan fingerprint density at radius 3 is 2.27 bits per heavy atom. The van der Waals surface area contributed by atoms with Gasteiger partial charge in [0.25, 0.3) is 0 Å². The second-order valence-electron chi connectivity index (χ2n) is 8.90. The number of nitrogens with zero attached hydrogens (tertiary/aromatic N) is 1. The highest BCUT2D eigenvalue weighted by Crippen LogP contribution is 2.46. The number of aromatic nitrogens is 1. The lowest BCUT2D eigenvalue weighted by molar-refractivity contribution is -0.145. The topological polar surface area (TPSA) is 59.4 Å². The van der Waals surface area contributed by atoms with Crippen LogP contribution in [0.5, 0.6) is 0 Å². The smallest absolute Gasteiger partial charge is 0.314 e. The van der Waals surface area contributed by atoms with E-state index in [1.807, 2.05) is 0 Å². The highest BCUT2D eigenvalue weighted by atomic mass is 19.2. The molecule has 0 fully saturated rings. The number of pyridine rings is 1. The Bertz CT molecular complexity index is 791. The molecule has 1 heterocycles. The maximum Gasteiger partial charge on any atom is 0.314 e. The molecule has 6 heteroatoms. The third-order valence-corrected chi connectivity index (χ3v) is 6.19. The van der Waals surface area contributed by atoms with Gasteiger partial charge in [-0.2, -0.15) is 0 Å². The largest absolute Gasteiger partial charge is 0.491 e. The zero-order chi connectivity index (χ0) is 24.1. The van der Waals surface area contributed by atoms with E-state index < -0.39 is 23.4 Å². The summed E-state index contributed by atoms with van der Waals surface area (Å²) in [4.78, 5) is 15.9. The Labute approximate surface area is 197 Å². The van der Waals surface area contributed by atoms with E-state index in [4.69, 9.17) is 4.74 Å². The highest BCUT2D eigenvalue weighted by molar-refractivity contribution is 5.76. The fraction of sp³-hybridized carbons (Fsp3) is 0.630. The van der Waals surface area contributed by atoms with Gasteiger partial charge in [0.15, 0.2) is 11.6 Å². The summed E-state index contributed by atoms with van der Waals surface area (Å²) >= 11 is 0. The van der Waals surface area contributed by atoms with E-state index in [0.717, 1.165) is 63.0 Å². The van der Waals surface area contributed by atoms with Crippen LogP contribution in [-0.4, -0.2) is 22.7 Å². The van der Waals surface area contributed by atoms with Crippen molar-refractivity contribution in [1.82, 2.24) is 4.98 Å². The Hall–Kier alpha value is -2.24. The van der Waals surface area contributed by atoms with Crippen LogP contribution in [0.4, 0.5) is 8.78 Å². The normalized spacial score (nSPS) is 20.3. The van der Waals surface area contributed by atoms with E-state index in [-0.39, 0.29) is 18.1 Å². The molecule has 1 N–H and O–H groups in total. The standard InChI is InChI=1S/C27H39F2NO3/c1-3-5-7-9-10-12-14-21-15-18-24(30-20-21)27(29)22(26(31)32)16-17-23(25(27)28)33-19-13-11-8-6-4-2/h15-18,20,22H,3-14,19H2,1-2H3,(H,31,32). The van der Waals surface area contributed by atoms with Crippen molar-refractivity contribution in [2.45, 2.75) is 96.6 Å². The van der Waals surface area contributed by atoms with Crippen LogP contribution in [0.2, 0.25) is 0 Å². The lowest BCUT2D eigenvalue weighted by Crippen LogP contribution is -2.39. The summed E-state index contributed by atoms with van der Waals surface area (Å²) in [6, 6.07) is 3.12. The van der Waals surface area contributed by atoms with Crippen LogP contribution < -0.4 is 0 Å². The van der Waals surface area contributed by atoms with Gasteiger partial charge in [0, 0.05) is 6.20 Å². The number of ether oxygens (including phenoxy) is 1. The minimum Gasteiger partial charge on any atom is -0.491 e. The Balaban J connectivity index is 2.07. The minimum atomic E-state index is -2.89. The fourth-order valence-electron chi connectivity index (χ4n) is 4.13. The number of aryl methyl sites for hydroxylation is 1. The zero-order valence-electron chi connectivity index (χ0n) is 20.1. The van der Waals surface area contributed by atoms with Crippen LogP contribution in [0, 0.1) is 5.92 Å². The molecule has 0 aromatic carbocycles. The van der Waals surface area contributed by atoms with Gasteiger partial charge >= 0.3 is 5.97 Å². The number of rotatable bonds is 16. The molecule has 33 heavy (non-hydrogen) atoms. The molecule has 0 bridgehead atoms. The van der Waals surface area contributed by atoms with Crippen molar-refractivity contribution in [3.05, 3.63) is 53.3 Å². The number of hydrogen-bond acceptors (Lipinski definition) is 3. The summed E-state index contributed by atoms with van der Waals surface area (Å²) in [5.41, 5.74) is -2.20. The summed E-state index contributed by atoms with van der Waals surface area (Å²) in [7, 11) is 0. The number of carbonyl (C=O) groups is 1. The fourth-order valence-corrected chi connectivity index (χ4v) is 4.13. The first-order valence-corrected chi connectivity index (χ1v) is 12.5. The molecule has 0 radical (unpaired) electrons. The van der Waals surface area contributed by atoms with E-state index in [1.165, 1.54) is 44.0 Å². The lowest BCUT2D eigenvalue weighted by Gasteiger charge is -2.31. The van der Waals surface area contributed by atoms with E-state index in [0.29, 0.717) is 0 Å². The van der Waals surface area contributed by atoms with Gasteiger partial charge in [-0.3, -0.25) is 9.78 Å². The Kier molecular flexibility index (Phi) is 11.6. The second kappa shape index (κ2) is 14.1. The highest BCUT2D eigenvalue weighted by Gasteiger charge is 2.53. The third kappa shape index (κ3) is 7.65. The molecule has 0 amide bonds. The van der Waals surface area contributed by atoms with Crippen LogP contribution in [0.1, 0.15) is 95.7 Å². The Morgan fingerprint density at radius 1 is 1.03 bits per heavy atom. The van der Waals surface area contributed by atoms with Gasteiger partial charge in [-0.25, -0.2) is 8.78 Å². The summed E-state index contributed by atoms with van der Waals surface area (Å²) in [6.07, 6.45) is 16.7. The van der Waals surface area contributed by atoms with Crippen LogP contribution in [0.25, 0.3) is 0 Å². The lowest BCUT2D eigenvalue weighted by atomic mass is 9.80. The quantitative estimate of drug-likeness (QED) is 0.257. The molecule has 0 saturated carbocycles. The first-order chi connectivity index (χ1) is 15.9. The molecule has 0 saturated heterocycles. The van der Waals surface area contributed by atoms with Gasteiger partial charge in [0.05, 0.1) is 12.3 Å². The molecule has 1 aromatic heterocycles. The van der Waals surface area contributed by atoms with Crippen molar-refractivity contribution in [3.63, 3.8) is 0 Å². The van der Waals surface area contributed by atoms with Crippen molar-refractivity contribution in [3.8, 4) is 0 Å². The average Bonchev–Trinajstić information content (AvgIpc) is 2.81. The van der Waals surface area contributed by atoms with Gasteiger partial charge in [-0.05, 0) is 37.0 Å². The molecule has 1 aliphatic carbocycles. The SMILES string of the molecule is CCCCCCCCc1ccc(C2(F)C(F)=C(OCCCCCCC)C=CC2C(=O)O)nc1. The number of carboxylic acids is 1. The first kappa shape index (κ1) is 27.0. The predicted molar refractivity (Wildman–Crippen MR) is 127 cm³/mol. The van der Waals surface area contributed by atoms with E-state index in [9.17, 15) is 9.90 Å². The zero-order valence-corrected chi connectivity index (χ0v) is 20.1. The van der Waals surface area contributed by atoms with Crippen LogP contribution in [0.3, 0.4) is 0 Å². The van der Waals surface area contributed by atoms with E-state index in [2.05, 4.69) is 18.8 Å². The molecule has 4 nitrogen and oxygen atoms in total. The molecule has 0 aliphatic heterocycles. The van der Waals surface area contributed by atoms with Gasteiger partial charge in [-0.15, -0.1) is 0 Å². The monoisotopic (exact) mass is 463 g/mol. The van der Waals surface area contributed by atoms with E-state index >= 15 is 8.78 Å². The summed E-state index contributed by atoms with van der Waals surface area (Å²) in [6.45, 7) is 4.57. The number of unbranched alkanes of at least 4 members (excludes halogenated alkanes) is 9. The third-order valence-electron chi connectivity index (χ3n) is 6.19. The molecule has 1 aliphatic rings. The number of hydrogen-bond donors (Lipinski definition) is 1. The van der Waals surface area contributed by atoms with Gasteiger partial charge in [0.1, 0.15) is 5.92 Å². The number of aliphatic carboxylic acids is 1. The van der Waals surface area contributed by atoms with E-state index in [1.54, 1.807) is 6.07 Å². The van der Waals surface area contributed by atoms with Gasteiger partial charge < -0.3 is 9.84 Å². The van der Waals surface area contributed by atoms with Crippen molar-refractivity contribution in [2.24, 2.45) is 5.92 Å². The number of halogens is 2. The molecule has 2 rings (SSSR count). The van der Waals surface area contributed by atoms with Gasteiger partial charge in [0.2, 0.25) is 5.67 Å². The first-order valence-electron chi connectivity index (χ1n) is 12.5. The van der Waals surface area contributed by atoms with Crippen molar-refractivity contribution < 1.29 is 23.4 Å². The second-order valence-corrected chi connectivity index (χ2v) is 8.90. The van der Waals surface area contributed by atoms with Crippen molar-refractivity contribution in [1.29, 1.82) is 0 Å². The maximum absolute atomic E-state index is 16.1. The maximum atomic E-state index is 16.1. The minimum absolute atomic E-state index is 0.243. The predicted octanol–water partition coefficient (Wildman–Crippen LogP) is 7.59. The summed E-state index contributed by atoms with van der Waals surface area (Å²) in [5, 5.41) is 9.55. The number of carboxylic acid groups (broad SMARTS) is 1. The van der Waals surface area contributed by atoms with Crippen LogP contribution >= 0.6 is 0 Å². The number of allylic oxidation sites excluding steroid dienone is 2. The number of alkyl halides is 1. The molecule has 2 atom stereocenters. The molecular formula is C27H39F2NO3. The molecule has 0 spiro atoms. The van der Waals surface area contributed by atoms with Crippen molar-refractivity contribution >= 4 is 5.97 Å².